The molecule has 1 unspecified atom stereocenters. The normalized spacial score (nSPS) is 33.8. The molecule has 0 bridgehead atoms. The summed E-state index contributed by atoms with van der Waals surface area (Å²) in [6.07, 6.45) is 4.71. The second-order valence-corrected chi connectivity index (χ2v) is 4.82. The number of hydrogen-bond donors (Lipinski definition) is 1. The Bertz CT molecular complexity index is 123. The lowest BCUT2D eigenvalue weighted by Crippen LogP contribution is -2.34. The molecule has 11 heavy (non-hydrogen) atoms. The fourth-order valence-electron chi connectivity index (χ4n) is 2.12. The van der Waals surface area contributed by atoms with Gasteiger partial charge in [-0.05, 0) is 24.2 Å². The summed E-state index contributed by atoms with van der Waals surface area (Å²) in [5, 5.41) is 9.70. The zero-order chi connectivity index (χ0) is 8.48. The van der Waals surface area contributed by atoms with E-state index in [1.54, 1.807) is 0 Å². The van der Waals surface area contributed by atoms with Crippen molar-refractivity contribution in [1.82, 2.24) is 0 Å². The lowest BCUT2D eigenvalue weighted by Gasteiger charge is -2.37. The largest absolute Gasteiger partial charge is 0.393 e. The Hall–Kier alpha value is -0.0400. The van der Waals surface area contributed by atoms with Crippen LogP contribution in [0.25, 0.3) is 0 Å². The summed E-state index contributed by atoms with van der Waals surface area (Å²) < 4.78 is 0. The molecule has 0 aromatic rings. The molecule has 0 saturated heterocycles. The molecule has 1 aliphatic carbocycles. The van der Waals surface area contributed by atoms with Crippen molar-refractivity contribution < 1.29 is 5.11 Å². The van der Waals surface area contributed by atoms with Crippen LogP contribution < -0.4 is 0 Å². The first-order chi connectivity index (χ1) is 5.02. The predicted molar refractivity (Wildman–Crippen MR) is 47.4 cm³/mol. The monoisotopic (exact) mass is 156 g/mol. The Balaban J connectivity index is 2.55. The molecule has 1 aliphatic rings. The molecule has 0 aliphatic heterocycles. The summed E-state index contributed by atoms with van der Waals surface area (Å²) in [5.41, 5.74) is 0.292. The quantitative estimate of drug-likeness (QED) is 0.571. The van der Waals surface area contributed by atoms with Gasteiger partial charge < -0.3 is 5.11 Å². The summed E-state index contributed by atoms with van der Waals surface area (Å²) >= 11 is 0. The van der Waals surface area contributed by atoms with E-state index in [1.807, 2.05) is 0 Å². The maximum absolute atomic E-state index is 9.70. The third kappa shape index (κ3) is 2.19. The number of rotatable bonds is 0. The summed E-state index contributed by atoms with van der Waals surface area (Å²) in [7, 11) is 0. The average Bonchev–Trinajstić information content (AvgIpc) is 1.86. The van der Waals surface area contributed by atoms with Crippen LogP contribution in [0.1, 0.15) is 46.5 Å². The molecule has 1 saturated carbocycles. The highest BCUT2D eigenvalue weighted by molar-refractivity contribution is 4.83. The lowest BCUT2D eigenvalue weighted by atomic mass is 9.71. The second kappa shape index (κ2) is 3.14. The van der Waals surface area contributed by atoms with Gasteiger partial charge in [0.05, 0.1) is 6.10 Å². The molecular weight excluding hydrogens is 136 g/mol. The highest BCUT2D eigenvalue weighted by Crippen LogP contribution is 2.37. The molecule has 1 heteroatoms. The molecule has 0 heterocycles. The summed E-state index contributed by atoms with van der Waals surface area (Å²) in [4.78, 5) is 0. The molecular formula is C10H20O. The van der Waals surface area contributed by atoms with E-state index in [1.165, 1.54) is 19.3 Å². The molecule has 0 aromatic heterocycles. The molecule has 2 atom stereocenters. The van der Waals surface area contributed by atoms with Crippen LogP contribution in [0, 0.1) is 11.3 Å². The number of aliphatic hydroxyl groups excluding tert-OH is 1. The van der Waals surface area contributed by atoms with Crippen molar-refractivity contribution in [3.8, 4) is 0 Å². The first-order valence-electron chi connectivity index (χ1n) is 4.70. The van der Waals surface area contributed by atoms with Gasteiger partial charge in [-0.2, -0.15) is 0 Å². The molecule has 0 radical (unpaired) electrons. The lowest BCUT2D eigenvalue weighted by molar-refractivity contribution is 0.0105. The van der Waals surface area contributed by atoms with Gasteiger partial charge in [0.1, 0.15) is 0 Å². The van der Waals surface area contributed by atoms with E-state index in [0.717, 1.165) is 6.42 Å². The smallest absolute Gasteiger partial charge is 0.0573 e. The average molecular weight is 156 g/mol. The van der Waals surface area contributed by atoms with Crippen LogP contribution in [0.5, 0.6) is 0 Å². The maximum Gasteiger partial charge on any atom is 0.0573 e. The highest BCUT2D eigenvalue weighted by Gasteiger charge is 2.32. The van der Waals surface area contributed by atoms with Crippen molar-refractivity contribution in [1.29, 1.82) is 0 Å². The van der Waals surface area contributed by atoms with E-state index < -0.39 is 0 Å². The van der Waals surface area contributed by atoms with Crippen molar-refractivity contribution >= 4 is 0 Å². The van der Waals surface area contributed by atoms with Gasteiger partial charge in [-0.25, -0.2) is 0 Å². The Kier molecular flexibility index (Phi) is 2.58. The molecule has 1 rings (SSSR count). The minimum absolute atomic E-state index is 0.0382. The molecule has 0 spiro atoms. The summed E-state index contributed by atoms with van der Waals surface area (Å²) in [6, 6.07) is 0. The highest BCUT2D eigenvalue weighted by atomic mass is 16.3. The Labute approximate surface area is 69.8 Å². The summed E-state index contributed by atoms with van der Waals surface area (Å²) in [6.45, 7) is 6.69. The molecule has 1 nitrogen and oxygen atoms in total. The van der Waals surface area contributed by atoms with Crippen LogP contribution in [0.3, 0.4) is 0 Å². The SMILES string of the molecule is CC(C)(C)[C@H]1CCCCC1O. The van der Waals surface area contributed by atoms with E-state index in [0.29, 0.717) is 11.3 Å². The first-order valence-corrected chi connectivity index (χ1v) is 4.70. The van der Waals surface area contributed by atoms with Gasteiger partial charge in [-0.1, -0.05) is 33.6 Å². The first kappa shape index (κ1) is 9.05. The van der Waals surface area contributed by atoms with Crippen LogP contribution >= 0.6 is 0 Å². The van der Waals surface area contributed by atoms with Crippen LogP contribution in [0.4, 0.5) is 0 Å². The van der Waals surface area contributed by atoms with Crippen molar-refractivity contribution in [2.45, 2.75) is 52.6 Å². The van der Waals surface area contributed by atoms with Crippen LogP contribution in [0.15, 0.2) is 0 Å². The number of aliphatic hydroxyl groups is 1. The zero-order valence-corrected chi connectivity index (χ0v) is 7.93. The minimum atomic E-state index is -0.0382. The van der Waals surface area contributed by atoms with Gasteiger partial charge in [-0.3, -0.25) is 0 Å². The third-order valence-corrected chi connectivity index (χ3v) is 2.84. The standard InChI is InChI=1S/C10H20O/c1-10(2,3)8-6-4-5-7-9(8)11/h8-9,11H,4-7H2,1-3H3/t8-,9?/m0/s1. The third-order valence-electron chi connectivity index (χ3n) is 2.84. The topological polar surface area (TPSA) is 20.2 Å². The fourth-order valence-corrected chi connectivity index (χ4v) is 2.12. The van der Waals surface area contributed by atoms with E-state index in [2.05, 4.69) is 20.8 Å². The molecule has 66 valence electrons. The minimum Gasteiger partial charge on any atom is -0.393 e. The van der Waals surface area contributed by atoms with Gasteiger partial charge in [0.15, 0.2) is 0 Å². The van der Waals surface area contributed by atoms with Crippen molar-refractivity contribution in [2.24, 2.45) is 11.3 Å². The van der Waals surface area contributed by atoms with Gasteiger partial charge in [-0.15, -0.1) is 0 Å². The number of hydrogen-bond acceptors (Lipinski definition) is 1. The molecule has 1 fully saturated rings. The summed E-state index contributed by atoms with van der Waals surface area (Å²) in [5.74, 6) is 0.524. The fraction of sp³-hybridized carbons (Fsp3) is 1.00. The van der Waals surface area contributed by atoms with Crippen molar-refractivity contribution in [3.63, 3.8) is 0 Å². The van der Waals surface area contributed by atoms with Crippen molar-refractivity contribution in [2.75, 3.05) is 0 Å². The van der Waals surface area contributed by atoms with Gasteiger partial charge in [0.2, 0.25) is 0 Å². The molecule has 0 aromatic carbocycles. The molecule has 0 amide bonds. The van der Waals surface area contributed by atoms with Crippen LogP contribution in [-0.4, -0.2) is 11.2 Å². The molecule has 1 N–H and O–H groups in total. The van der Waals surface area contributed by atoms with E-state index >= 15 is 0 Å². The van der Waals surface area contributed by atoms with Crippen LogP contribution in [-0.2, 0) is 0 Å². The van der Waals surface area contributed by atoms with Gasteiger partial charge >= 0.3 is 0 Å². The van der Waals surface area contributed by atoms with E-state index in [4.69, 9.17) is 0 Å². The maximum atomic E-state index is 9.70. The Morgan fingerprint density at radius 1 is 1.09 bits per heavy atom. The van der Waals surface area contributed by atoms with Crippen LogP contribution in [0.2, 0.25) is 0 Å². The second-order valence-electron chi connectivity index (χ2n) is 4.82. The Morgan fingerprint density at radius 3 is 2.00 bits per heavy atom. The van der Waals surface area contributed by atoms with Crippen molar-refractivity contribution in [3.05, 3.63) is 0 Å². The zero-order valence-electron chi connectivity index (χ0n) is 7.93. The van der Waals surface area contributed by atoms with E-state index in [-0.39, 0.29) is 6.10 Å². The van der Waals surface area contributed by atoms with Gasteiger partial charge in [0.25, 0.3) is 0 Å². The van der Waals surface area contributed by atoms with Gasteiger partial charge in [0, 0.05) is 0 Å². The van der Waals surface area contributed by atoms with E-state index in [9.17, 15) is 5.11 Å². The predicted octanol–water partition coefficient (Wildman–Crippen LogP) is 2.58. The Morgan fingerprint density at radius 2 is 1.64 bits per heavy atom.